The van der Waals surface area contributed by atoms with Gasteiger partial charge in [-0.2, -0.15) is 5.10 Å². The summed E-state index contributed by atoms with van der Waals surface area (Å²) in [5.41, 5.74) is 13.6. The van der Waals surface area contributed by atoms with Crippen molar-refractivity contribution in [3.63, 3.8) is 0 Å². The van der Waals surface area contributed by atoms with Gasteiger partial charge in [0.2, 0.25) is 0 Å². The number of anilines is 1. The van der Waals surface area contributed by atoms with Crippen molar-refractivity contribution in [2.24, 2.45) is 11.5 Å². The lowest BCUT2D eigenvalue weighted by atomic mass is 10.2. The summed E-state index contributed by atoms with van der Waals surface area (Å²) in [5.74, 6) is -0.375. The highest BCUT2D eigenvalue weighted by Gasteiger charge is 2.19. The van der Waals surface area contributed by atoms with E-state index < -0.39 is 0 Å². The lowest BCUT2D eigenvalue weighted by Gasteiger charge is -2.08. The highest BCUT2D eigenvalue weighted by Crippen LogP contribution is 2.29. The molecule has 0 radical (unpaired) electrons. The van der Waals surface area contributed by atoms with Crippen LogP contribution in [-0.2, 0) is 6.54 Å². The van der Waals surface area contributed by atoms with Crippen LogP contribution in [0.3, 0.4) is 0 Å². The van der Waals surface area contributed by atoms with E-state index in [4.69, 9.17) is 34.7 Å². The fraction of sp³-hybridized carbons (Fsp3) is 0.118. The molecule has 0 fully saturated rings. The zero-order valence-corrected chi connectivity index (χ0v) is 15.3. The number of hydrogen-bond donors (Lipinski definition) is 3. The Hall–Kier alpha value is -2.77. The Labute approximate surface area is 159 Å². The number of amides is 1. The molecule has 0 aliphatic heterocycles. The van der Waals surface area contributed by atoms with Crippen LogP contribution >= 0.6 is 23.2 Å². The van der Waals surface area contributed by atoms with E-state index in [1.165, 1.54) is 12.4 Å². The van der Waals surface area contributed by atoms with Crippen LogP contribution in [0.5, 0.6) is 0 Å². The molecule has 3 rings (SSSR count). The smallest absolute Gasteiger partial charge is 0.258 e. The Morgan fingerprint density at radius 3 is 2.65 bits per heavy atom. The molecule has 26 heavy (non-hydrogen) atoms. The van der Waals surface area contributed by atoms with E-state index in [1.54, 1.807) is 35.9 Å². The predicted molar refractivity (Wildman–Crippen MR) is 103 cm³/mol. The second kappa shape index (κ2) is 7.23. The van der Waals surface area contributed by atoms with Crippen molar-refractivity contribution in [1.82, 2.24) is 14.8 Å². The van der Waals surface area contributed by atoms with Gasteiger partial charge in [0.25, 0.3) is 5.91 Å². The molecular weight excluding hydrogens is 375 g/mol. The molecule has 5 N–H and O–H groups in total. The van der Waals surface area contributed by atoms with Gasteiger partial charge in [0.1, 0.15) is 0 Å². The van der Waals surface area contributed by atoms with Crippen LogP contribution in [0.4, 0.5) is 5.69 Å². The molecule has 1 aromatic carbocycles. The molecule has 0 saturated carbocycles. The van der Waals surface area contributed by atoms with Crippen LogP contribution in [0.15, 0.2) is 42.4 Å². The van der Waals surface area contributed by atoms with Gasteiger partial charge >= 0.3 is 0 Å². The summed E-state index contributed by atoms with van der Waals surface area (Å²) in [6.07, 6.45) is 2.72. The van der Waals surface area contributed by atoms with Crippen LogP contribution in [-0.4, -0.2) is 20.7 Å². The quantitative estimate of drug-likeness (QED) is 0.633. The third-order valence-corrected chi connectivity index (χ3v) is 4.41. The summed E-state index contributed by atoms with van der Waals surface area (Å²) in [4.78, 5) is 16.9. The maximum atomic E-state index is 12.6. The van der Waals surface area contributed by atoms with Crippen molar-refractivity contribution in [2.45, 2.75) is 13.5 Å². The third kappa shape index (κ3) is 3.44. The number of benzene rings is 1. The van der Waals surface area contributed by atoms with Gasteiger partial charge in [0, 0.05) is 28.8 Å². The van der Waals surface area contributed by atoms with E-state index in [-0.39, 0.29) is 23.0 Å². The molecule has 9 heteroatoms. The molecule has 0 bridgehead atoms. The highest BCUT2D eigenvalue weighted by molar-refractivity contribution is 6.39. The van der Waals surface area contributed by atoms with Crippen LogP contribution in [0, 0.1) is 6.92 Å². The second-order valence-electron chi connectivity index (χ2n) is 5.63. The van der Waals surface area contributed by atoms with Gasteiger partial charge < -0.3 is 16.8 Å². The van der Waals surface area contributed by atoms with Crippen molar-refractivity contribution in [3.8, 4) is 0 Å². The molecule has 134 valence electrons. The fourth-order valence-electron chi connectivity index (χ4n) is 2.50. The minimum absolute atomic E-state index is 0.249. The molecule has 0 aliphatic carbocycles. The number of nitrogens with zero attached hydrogens (tertiary/aromatic N) is 3. The normalized spacial score (nSPS) is 11.7. The van der Waals surface area contributed by atoms with Gasteiger partial charge in [-0.1, -0.05) is 23.2 Å². The summed E-state index contributed by atoms with van der Waals surface area (Å²) < 4.78 is 1.59. The van der Waals surface area contributed by atoms with Crippen LogP contribution in [0.25, 0.3) is 11.0 Å². The number of pyridine rings is 1. The van der Waals surface area contributed by atoms with Gasteiger partial charge in [-0.25, -0.2) is 9.67 Å². The SMILES string of the molecule is Cc1nn(C/C(N)=C/N)c2ncc(C(=O)Nc3ccc(Cl)cc3)c(Cl)c12. The van der Waals surface area contributed by atoms with E-state index in [2.05, 4.69) is 15.4 Å². The number of allylic oxidation sites excluding steroid dienone is 1. The highest BCUT2D eigenvalue weighted by atomic mass is 35.5. The molecular formula is C17H16Cl2N6O. The zero-order valence-electron chi connectivity index (χ0n) is 13.8. The number of nitrogens with two attached hydrogens (primary N) is 2. The van der Waals surface area contributed by atoms with E-state index in [0.717, 1.165) is 0 Å². The Balaban J connectivity index is 1.97. The van der Waals surface area contributed by atoms with Gasteiger partial charge in [-0.3, -0.25) is 4.79 Å². The third-order valence-electron chi connectivity index (χ3n) is 3.77. The number of aromatic nitrogens is 3. The first kappa shape index (κ1) is 18.0. The Morgan fingerprint density at radius 2 is 2.00 bits per heavy atom. The lowest BCUT2D eigenvalue weighted by molar-refractivity contribution is 0.102. The van der Waals surface area contributed by atoms with Crippen LogP contribution in [0.2, 0.25) is 10.0 Å². The topological polar surface area (TPSA) is 112 Å². The van der Waals surface area contributed by atoms with Gasteiger partial charge in [0.05, 0.1) is 28.2 Å². The molecule has 0 aliphatic rings. The fourth-order valence-corrected chi connectivity index (χ4v) is 2.98. The standard InChI is InChI=1S/C17H16Cl2N6O/c1-9-14-15(19)13(17(26)23-12-4-2-10(18)3-5-12)7-22-16(14)25(24-9)8-11(21)6-20/h2-7H,8,20-21H2,1H3,(H,23,26)/b11-6-. The molecule has 3 aromatic rings. The molecule has 0 saturated heterocycles. The van der Waals surface area contributed by atoms with E-state index in [9.17, 15) is 4.79 Å². The van der Waals surface area contributed by atoms with E-state index in [1.807, 2.05) is 0 Å². The van der Waals surface area contributed by atoms with Gasteiger partial charge in [-0.05, 0) is 31.2 Å². The van der Waals surface area contributed by atoms with Gasteiger partial charge in [0.15, 0.2) is 5.65 Å². The average molecular weight is 391 g/mol. The maximum Gasteiger partial charge on any atom is 0.258 e. The summed E-state index contributed by atoms with van der Waals surface area (Å²) in [5, 5.41) is 8.60. The first-order valence-corrected chi connectivity index (χ1v) is 8.41. The Kier molecular flexibility index (Phi) is 5.01. The number of halogens is 2. The number of nitrogens with one attached hydrogen (secondary N) is 1. The van der Waals surface area contributed by atoms with Crippen molar-refractivity contribution < 1.29 is 4.79 Å². The monoisotopic (exact) mass is 390 g/mol. The maximum absolute atomic E-state index is 12.6. The van der Waals surface area contributed by atoms with Crippen molar-refractivity contribution in [3.05, 3.63) is 63.7 Å². The number of carbonyl (C=O) groups excluding carboxylic acids is 1. The largest absolute Gasteiger partial charge is 0.403 e. The molecule has 0 unspecified atom stereocenters. The molecule has 1 amide bonds. The second-order valence-corrected chi connectivity index (χ2v) is 6.44. The van der Waals surface area contributed by atoms with Crippen LogP contribution < -0.4 is 16.8 Å². The number of fused-ring (bicyclic) bond motifs is 1. The van der Waals surface area contributed by atoms with Crippen molar-refractivity contribution in [1.29, 1.82) is 0 Å². The Morgan fingerprint density at radius 1 is 1.31 bits per heavy atom. The lowest BCUT2D eigenvalue weighted by Crippen LogP contribution is -2.14. The van der Waals surface area contributed by atoms with E-state index in [0.29, 0.717) is 33.1 Å². The van der Waals surface area contributed by atoms with Crippen molar-refractivity contribution in [2.75, 3.05) is 5.32 Å². The van der Waals surface area contributed by atoms with Crippen molar-refractivity contribution >= 4 is 45.8 Å². The summed E-state index contributed by atoms with van der Waals surface area (Å²) >= 11 is 12.3. The number of carbonyl (C=O) groups is 1. The first-order valence-electron chi connectivity index (χ1n) is 7.65. The zero-order chi connectivity index (χ0) is 18.8. The predicted octanol–water partition coefficient (Wildman–Crippen LogP) is 3.06. The number of hydrogen-bond acceptors (Lipinski definition) is 5. The summed E-state index contributed by atoms with van der Waals surface area (Å²) in [6, 6.07) is 6.77. The number of rotatable bonds is 4. The van der Waals surface area contributed by atoms with Gasteiger partial charge in [-0.15, -0.1) is 0 Å². The molecule has 2 heterocycles. The minimum Gasteiger partial charge on any atom is -0.403 e. The summed E-state index contributed by atoms with van der Waals surface area (Å²) in [6.45, 7) is 2.07. The summed E-state index contributed by atoms with van der Waals surface area (Å²) in [7, 11) is 0. The molecule has 0 atom stereocenters. The van der Waals surface area contributed by atoms with E-state index >= 15 is 0 Å². The molecule has 0 spiro atoms. The van der Waals surface area contributed by atoms with Crippen LogP contribution in [0.1, 0.15) is 16.1 Å². The molecule has 2 aromatic heterocycles. The average Bonchev–Trinajstić information content (AvgIpc) is 2.93. The molecule has 7 nitrogen and oxygen atoms in total. The minimum atomic E-state index is -0.375. The number of aryl methyl sites for hydroxylation is 1. The first-order chi connectivity index (χ1) is 12.4. The Bertz CT molecular complexity index is 1010.